The standard InChI is InChI=1S/C25H21FN2O4/c1-15-5-3-7-17(11-15)22-21(23(29)19-12-18(26)8-9-20(19)32-2)24(30)25(31)28(22)14-16-6-4-10-27-13-16/h3-13,22,29H,14H2,1-2H3/b23-21+. The lowest BCUT2D eigenvalue weighted by Gasteiger charge is -2.25. The smallest absolute Gasteiger partial charge is 0.295 e. The molecular weight excluding hydrogens is 411 g/mol. The molecule has 1 fully saturated rings. The van der Waals surface area contributed by atoms with Gasteiger partial charge in [-0.15, -0.1) is 0 Å². The lowest BCUT2D eigenvalue weighted by Crippen LogP contribution is -2.29. The zero-order valence-electron chi connectivity index (χ0n) is 17.6. The number of methoxy groups -OCH3 is 1. The average molecular weight is 432 g/mol. The number of hydrogen-bond acceptors (Lipinski definition) is 5. The first kappa shape index (κ1) is 21.2. The second kappa shape index (κ2) is 8.63. The maximum absolute atomic E-state index is 14.0. The summed E-state index contributed by atoms with van der Waals surface area (Å²) in [5.41, 5.74) is 2.20. The normalized spacial score (nSPS) is 17.6. The number of carbonyl (C=O) groups is 2. The Balaban J connectivity index is 1.92. The molecule has 0 bridgehead atoms. The number of nitrogens with zero attached hydrogens (tertiary/aromatic N) is 2. The third kappa shape index (κ3) is 3.85. The van der Waals surface area contributed by atoms with Crippen molar-refractivity contribution in [2.45, 2.75) is 19.5 Å². The first-order valence-electron chi connectivity index (χ1n) is 9.98. The van der Waals surface area contributed by atoms with Gasteiger partial charge in [0.05, 0.1) is 24.3 Å². The minimum absolute atomic E-state index is 0.00420. The lowest BCUT2D eigenvalue weighted by atomic mass is 9.94. The van der Waals surface area contributed by atoms with Crippen molar-refractivity contribution >= 4 is 17.4 Å². The number of carbonyl (C=O) groups excluding carboxylic acids is 2. The van der Waals surface area contributed by atoms with E-state index in [1.807, 2.05) is 25.1 Å². The summed E-state index contributed by atoms with van der Waals surface area (Å²) >= 11 is 0. The number of benzene rings is 2. The highest BCUT2D eigenvalue weighted by molar-refractivity contribution is 6.46. The molecule has 0 radical (unpaired) electrons. The molecule has 162 valence electrons. The van der Waals surface area contributed by atoms with E-state index in [9.17, 15) is 19.1 Å². The second-order valence-electron chi connectivity index (χ2n) is 7.55. The van der Waals surface area contributed by atoms with Gasteiger partial charge in [0.15, 0.2) is 0 Å². The van der Waals surface area contributed by atoms with E-state index in [0.717, 1.165) is 17.2 Å². The van der Waals surface area contributed by atoms with Crippen LogP contribution in [0.4, 0.5) is 4.39 Å². The molecule has 1 amide bonds. The molecule has 4 rings (SSSR count). The van der Waals surface area contributed by atoms with Crippen LogP contribution in [0, 0.1) is 12.7 Å². The van der Waals surface area contributed by atoms with Crippen molar-refractivity contribution in [1.82, 2.24) is 9.88 Å². The Morgan fingerprint density at radius 1 is 1.16 bits per heavy atom. The van der Waals surface area contributed by atoms with Crippen molar-refractivity contribution in [3.05, 3.63) is 101 Å². The molecule has 3 aromatic rings. The van der Waals surface area contributed by atoms with Crippen LogP contribution in [0.1, 0.15) is 28.3 Å². The molecule has 32 heavy (non-hydrogen) atoms. The van der Waals surface area contributed by atoms with E-state index in [-0.39, 0.29) is 23.4 Å². The van der Waals surface area contributed by atoms with Crippen LogP contribution in [0.3, 0.4) is 0 Å². The van der Waals surface area contributed by atoms with Gasteiger partial charge < -0.3 is 14.7 Å². The molecule has 7 heteroatoms. The largest absolute Gasteiger partial charge is 0.507 e. The van der Waals surface area contributed by atoms with Gasteiger partial charge in [0, 0.05) is 18.9 Å². The summed E-state index contributed by atoms with van der Waals surface area (Å²) in [5, 5.41) is 11.2. The minimum Gasteiger partial charge on any atom is -0.507 e. The molecule has 2 heterocycles. The highest BCUT2D eigenvalue weighted by atomic mass is 19.1. The van der Waals surface area contributed by atoms with Crippen LogP contribution in [-0.4, -0.2) is 33.8 Å². The van der Waals surface area contributed by atoms with Crippen molar-refractivity contribution in [2.24, 2.45) is 0 Å². The number of pyridine rings is 1. The molecule has 1 unspecified atom stereocenters. The molecule has 1 aliphatic rings. The van der Waals surface area contributed by atoms with Gasteiger partial charge in [-0.05, 0) is 42.3 Å². The summed E-state index contributed by atoms with van der Waals surface area (Å²) in [5.74, 6) is -2.50. The van der Waals surface area contributed by atoms with Crippen LogP contribution >= 0.6 is 0 Å². The van der Waals surface area contributed by atoms with E-state index >= 15 is 0 Å². The van der Waals surface area contributed by atoms with Crippen molar-refractivity contribution in [3.8, 4) is 5.75 Å². The van der Waals surface area contributed by atoms with Gasteiger partial charge in [0.25, 0.3) is 11.7 Å². The highest BCUT2D eigenvalue weighted by Gasteiger charge is 2.46. The summed E-state index contributed by atoms with van der Waals surface area (Å²) in [4.78, 5) is 31.6. The van der Waals surface area contributed by atoms with Crippen molar-refractivity contribution in [1.29, 1.82) is 0 Å². The van der Waals surface area contributed by atoms with E-state index in [1.54, 1.807) is 30.6 Å². The number of amides is 1. The predicted molar refractivity (Wildman–Crippen MR) is 116 cm³/mol. The highest BCUT2D eigenvalue weighted by Crippen LogP contribution is 2.41. The molecule has 1 atom stereocenters. The Morgan fingerprint density at radius 2 is 1.97 bits per heavy atom. The van der Waals surface area contributed by atoms with E-state index in [0.29, 0.717) is 5.56 Å². The van der Waals surface area contributed by atoms with Crippen LogP contribution in [-0.2, 0) is 16.1 Å². The number of aliphatic hydroxyl groups is 1. The first-order valence-corrected chi connectivity index (χ1v) is 9.98. The molecule has 1 saturated heterocycles. The van der Waals surface area contributed by atoms with Crippen molar-refractivity contribution in [3.63, 3.8) is 0 Å². The Kier molecular flexibility index (Phi) is 5.73. The number of hydrogen-bond donors (Lipinski definition) is 1. The van der Waals surface area contributed by atoms with Gasteiger partial charge in [0.1, 0.15) is 17.3 Å². The topological polar surface area (TPSA) is 79.7 Å². The Labute approximate surface area is 184 Å². The molecule has 2 aromatic carbocycles. The van der Waals surface area contributed by atoms with Gasteiger partial charge in [-0.25, -0.2) is 4.39 Å². The summed E-state index contributed by atoms with van der Waals surface area (Å²) in [6.45, 7) is 2.01. The van der Waals surface area contributed by atoms with Crippen molar-refractivity contribution in [2.75, 3.05) is 7.11 Å². The van der Waals surface area contributed by atoms with Crippen LogP contribution in [0.15, 0.2) is 72.6 Å². The Hall–Kier alpha value is -4.00. The van der Waals surface area contributed by atoms with Gasteiger partial charge in [0.2, 0.25) is 0 Å². The monoisotopic (exact) mass is 432 g/mol. The summed E-state index contributed by atoms with van der Waals surface area (Å²) in [6.07, 6.45) is 3.23. The fourth-order valence-corrected chi connectivity index (χ4v) is 3.93. The van der Waals surface area contributed by atoms with Gasteiger partial charge in [-0.1, -0.05) is 35.9 Å². The SMILES string of the molecule is COc1ccc(F)cc1/C(O)=C1\C(=O)C(=O)N(Cc2cccnc2)C1c1cccc(C)c1. The van der Waals surface area contributed by atoms with Crippen LogP contribution in [0.2, 0.25) is 0 Å². The van der Waals surface area contributed by atoms with Gasteiger partial charge in [-0.3, -0.25) is 14.6 Å². The molecule has 6 nitrogen and oxygen atoms in total. The molecule has 1 aliphatic heterocycles. The average Bonchev–Trinajstić information content (AvgIpc) is 3.04. The number of aliphatic hydroxyl groups excluding tert-OH is 1. The number of ether oxygens (including phenoxy) is 1. The van der Waals surface area contributed by atoms with Crippen LogP contribution < -0.4 is 4.74 Å². The quantitative estimate of drug-likeness (QED) is 0.372. The fourth-order valence-electron chi connectivity index (χ4n) is 3.93. The Bertz CT molecular complexity index is 1220. The predicted octanol–water partition coefficient (Wildman–Crippen LogP) is 4.16. The zero-order valence-corrected chi connectivity index (χ0v) is 17.6. The number of aryl methyl sites for hydroxylation is 1. The van der Waals surface area contributed by atoms with Crippen molar-refractivity contribution < 1.29 is 23.8 Å². The summed E-state index contributed by atoms with van der Waals surface area (Å²) in [6, 6.07) is 13.7. The number of rotatable bonds is 5. The lowest BCUT2D eigenvalue weighted by molar-refractivity contribution is -0.140. The molecule has 1 N–H and O–H groups in total. The third-order valence-corrected chi connectivity index (χ3v) is 5.39. The van der Waals surface area contributed by atoms with Gasteiger partial charge >= 0.3 is 0 Å². The van der Waals surface area contributed by atoms with E-state index in [2.05, 4.69) is 4.98 Å². The first-order chi connectivity index (χ1) is 15.4. The summed E-state index contributed by atoms with van der Waals surface area (Å²) < 4.78 is 19.2. The number of Topliss-reactive ketones (excluding diaryl/α,β-unsaturated/α-hetero) is 1. The second-order valence-corrected chi connectivity index (χ2v) is 7.55. The number of ketones is 1. The number of halogens is 1. The van der Waals surface area contributed by atoms with Gasteiger partial charge in [-0.2, -0.15) is 0 Å². The Morgan fingerprint density at radius 3 is 2.66 bits per heavy atom. The summed E-state index contributed by atoms with van der Waals surface area (Å²) in [7, 11) is 1.38. The minimum atomic E-state index is -0.858. The van der Waals surface area contributed by atoms with E-state index in [4.69, 9.17) is 4.74 Å². The maximum atomic E-state index is 14.0. The molecule has 0 aliphatic carbocycles. The number of aromatic nitrogens is 1. The van der Waals surface area contributed by atoms with Crippen LogP contribution in [0.5, 0.6) is 5.75 Å². The van der Waals surface area contributed by atoms with Crippen LogP contribution in [0.25, 0.3) is 5.76 Å². The molecular formula is C25H21FN2O4. The number of likely N-dealkylation sites (tertiary alicyclic amines) is 1. The molecule has 0 saturated carbocycles. The fraction of sp³-hybridized carbons (Fsp3) is 0.160. The third-order valence-electron chi connectivity index (χ3n) is 5.39. The molecule has 1 aromatic heterocycles. The van der Waals surface area contributed by atoms with E-state index < -0.39 is 29.3 Å². The maximum Gasteiger partial charge on any atom is 0.295 e. The molecule has 0 spiro atoms. The zero-order chi connectivity index (χ0) is 22.8. The van der Waals surface area contributed by atoms with E-state index in [1.165, 1.54) is 24.1 Å².